The normalized spacial score (nSPS) is 22.9. The molecule has 0 N–H and O–H groups in total. The van der Waals surface area contributed by atoms with Crippen molar-refractivity contribution in [2.24, 2.45) is 13.0 Å². The predicted octanol–water partition coefficient (Wildman–Crippen LogP) is 5.36. The third-order valence-electron chi connectivity index (χ3n) is 7.13. The molecule has 3 heterocycles. The first kappa shape index (κ1) is 25.1. The molecule has 2 aromatic heterocycles. The molecule has 1 aliphatic carbocycles. The van der Waals surface area contributed by atoms with Gasteiger partial charge in [-0.25, -0.2) is 4.98 Å². The molecule has 6 nitrogen and oxygen atoms in total. The summed E-state index contributed by atoms with van der Waals surface area (Å²) in [6, 6.07) is 6.18. The summed E-state index contributed by atoms with van der Waals surface area (Å²) in [6.07, 6.45) is -0.820. The van der Waals surface area contributed by atoms with Gasteiger partial charge in [0.05, 0.1) is 11.3 Å². The van der Waals surface area contributed by atoms with Gasteiger partial charge in [0.15, 0.2) is 17.3 Å². The Balaban J connectivity index is 0.00000274. The summed E-state index contributed by atoms with van der Waals surface area (Å²) in [7, 11) is 1.92. The molecule has 1 saturated carbocycles. The number of halogens is 4. The number of nitrogens with zero attached hydrogens (tertiary/aromatic N) is 5. The van der Waals surface area contributed by atoms with Crippen LogP contribution in [0.4, 0.5) is 13.2 Å². The van der Waals surface area contributed by atoms with Gasteiger partial charge in [0, 0.05) is 37.3 Å². The maximum Gasteiger partial charge on any atom is 0.416 e. The van der Waals surface area contributed by atoms with E-state index in [1.807, 2.05) is 18.5 Å². The van der Waals surface area contributed by atoms with Gasteiger partial charge >= 0.3 is 6.18 Å². The Morgan fingerprint density at radius 2 is 1.97 bits per heavy atom. The predicted molar refractivity (Wildman–Crippen MR) is 126 cm³/mol. The highest BCUT2D eigenvalue weighted by Crippen LogP contribution is 2.59. The van der Waals surface area contributed by atoms with E-state index in [-0.39, 0.29) is 17.8 Å². The van der Waals surface area contributed by atoms with Crippen molar-refractivity contribution in [3.63, 3.8) is 0 Å². The second-order valence-corrected chi connectivity index (χ2v) is 10.2. The fourth-order valence-corrected chi connectivity index (χ4v) is 5.97. The number of thioether (sulfide) groups is 1. The molecule has 1 saturated heterocycles. The van der Waals surface area contributed by atoms with Crippen LogP contribution in [-0.2, 0) is 18.6 Å². The molecule has 0 bridgehead atoms. The summed E-state index contributed by atoms with van der Waals surface area (Å²) in [4.78, 5) is 6.59. The highest BCUT2D eigenvalue weighted by Gasteiger charge is 2.61. The Hall–Kier alpha value is -2.04. The van der Waals surface area contributed by atoms with E-state index in [1.165, 1.54) is 18.5 Å². The number of hydrogen-bond acceptors (Lipinski definition) is 6. The lowest BCUT2D eigenvalue weighted by molar-refractivity contribution is -0.137. The van der Waals surface area contributed by atoms with Crippen LogP contribution >= 0.6 is 24.2 Å². The van der Waals surface area contributed by atoms with Crippen molar-refractivity contribution in [2.45, 2.75) is 49.5 Å². The number of alkyl halides is 3. The van der Waals surface area contributed by atoms with Gasteiger partial charge in [-0.2, -0.15) is 13.2 Å². The van der Waals surface area contributed by atoms with E-state index in [1.54, 1.807) is 23.9 Å². The molecule has 5 rings (SSSR count). The molecule has 2 aliphatic rings. The summed E-state index contributed by atoms with van der Waals surface area (Å²) >= 11 is 1.66. The Bertz CT molecular complexity index is 1150. The van der Waals surface area contributed by atoms with E-state index in [4.69, 9.17) is 4.42 Å². The molecule has 3 atom stereocenters. The molecule has 1 aliphatic heterocycles. The molecular weight excluding hydrogens is 487 g/mol. The number of likely N-dealkylation sites (tertiary alicyclic amines) is 1. The lowest BCUT2D eigenvalue weighted by atomic mass is 9.94. The zero-order valence-corrected chi connectivity index (χ0v) is 20.8. The smallest absolute Gasteiger partial charge is 0.416 e. The van der Waals surface area contributed by atoms with Crippen molar-refractivity contribution in [1.29, 1.82) is 0 Å². The fraction of sp³-hybridized carbons (Fsp3) is 0.522. The van der Waals surface area contributed by atoms with Crippen LogP contribution in [0.5, 0.6) is 0 Å². The summed E-state index contributed by atoms with van der Waals surface area (Å²) in [5.74, 6) is 2.74. The summed E-state index contributed by atoms with van der Waals surface area (Å²) in [6.45, 7) is 6.02. The molecular formula is C23H27ClF3N5OS. The average Bonchev–Trinajstić information content (AvgIpc) is 3.08. The SMILES string of the molecule is Cc1ncoc1-c1nnc(SCCC(C)N2C[C@@H]3C[C@]3(c3ccc(C(F)(F)F)cc3)C2)n1C.Cl. The maximum absolute atomic E-state index is 12.9. The third kappa shape index (κ3) is 4.47. The first-order chi connectivity index (χ1) is 15.7. The zero-order valence-electron chi connectivity index (χ0n) is 19.2. The van der Waals surface area contributed by atoms with E-state index < -0.39 is 11.7 Å². The van der Waals surface area contributed by atoms with Gasteiger partial charge in [0.1, 0.15) is 0 Å². The van der Waals surface area contributed by atoms with Crippen LogP contribution < -0.4 is 0 Å². The molecule has 11 heteroatoms. The number of oxazole rings is 1. The summed E-state index contributed by atoms with van der Waals surface area (Å²) < 4.78 is 46.1. The molecule has 1 unspecified atom stereocenters. The van der Waals surface area contributed by atoms with E-state index in [9.17, 15) is 13.2 Å². The van der Waals surface area contributed by atoms with Crippen molar-refractivity contribution in [3.8, 4) is 11.6 Å². The lowest BCUT2D eigenvalue weighted by Gasteiger charge is -2.27. The second kappa shape index (κ2) is 9.20. The molecule has 3 aromatic rings. The van der Waals surface area contributed by atoms with E-state index in [2.05, 4.69) is 27.0 Å². The number of fused-ring (bicyclic) bond motifs is 1. The molecule has 0 radical (unpaired) electrons. The van der Waals surface area contributed by atoms with Gasteiger partial charge in [-0.05, 0) is 50.3 Å². The Labute approximate surface area is 206 Å². The van der Waals surface area contributed by atoms with E-state index in [0.717, 1.165) is 48.1 Å². The van der Waals surface area contributed by atoms with Crippen LogP contribution in [0.15, 0.2) is 40.2 Å². The van der Waals surface area contributed by atoms with Crippen molar-refractivity contribution >= 4 is 24.2 Å². The molecule has 0 spiro atoms. The summed E-state index contributed by atoms with van der Waals surface area (Å²) in [5, 5.41) is 9.38. The van der Waals surface area contributed by atoms with Gasteiger partial charge < -0.3 is 8.98 Å². The zero-order chi connectivity index (χ0) is 23.4. The first-order valence-electron chi connectivity index (χ1n) is 11.0. The van der Waals surface area contributed by atoms with Gasteiger partial charge in [-0.1, -0.05) is 23.9 Å². The van der Waals surface area contributed by atoms with Crippen molar-refractivity contribution in [2.75, 3.05) is 18.8 Å². The van der Waals surface area contributed by atoms with Crippen molar-refractivity contribution in [3.05, 3.63) is 47.5 Å². The van der Waals surface area contributed by atoms with Gasteiger partial charge in [-0.3, -0.25) is 4.90 Å². The number of hydrogen-bond donors (Lipinski definition) is 0. The highest BCUT2D eigenvalue weighted by molar-refractivity contribution is 7.99. The minimum atomic E-state index is -4.29. The highest BCUT2D eigenvalue weighted by atomic mass is 35.5. The minimum absolute atomic E-state index is 0. The van der Waals surface area contributed by atoms with Crippen LogP contribution in [0.25, 0.3) is 11.6 Å². The van der Waals surface area contributed by atoms with Crippen LogP contribution in [0.2, 0.25) is 0 Å². The number of benzene rings is 1. The van der Waals surface area contributed by atoms with Gasteiger partial charge in [0.25, 0.3) is 0 Å². The van der Waals surface area contributed by atoms with Crippen molar-refractivity contribution < 1.29 is 17.6 Å². The molecule has 34 heavy (non-hydrogen) atoms. The second-order valence-electron chi connectivity index (χ2n) is 9.18. The topological polar surface area (TPSA) is 60.0 Å². The monoisotopic (exact) mass is 513 g/mol. The first-order valence-corrected chi connectivity index (χ1v) is 12.0. The standard InChI is InChI=1S/C23H26F3N5OS.ClH/c1-14(8-9-33-21-29-28-20(30(21)3)19-15(2)27-13-32-19)31-11-18-10-22(18,12-31)16-4-6-17(7-5-16)23(24,25)26;/h4-7,13-14,18H,8-12H2,1-3H3;1H/t14?,18-,22+;/m0./s1. The third-order valence-corrected chi connectivity index (χ3v) is 8.19. The molecule has 184 valence electrons. The van der Waals surface area contributed by atoms with Crippen LogP contribution in [0.3, 0.4) is 0 Å². The number of rotatable bonds is 7. The van der Waals surface area contributed by atoms with Gasteiger partial charge in [-0.15, -0.1) is 22.6 Å². The minimum Gasteiger partial charge on any atom is -0.440 e. The fourth-order valence-electron chi connectivity index (χ4n) is 4.95. The molecule has 2 fully saturated rings. The lowest BCUT2D eigenvalue weighted by Crippen LogP contribution is -2.35. The Morgan fingerprint density at radius 1 is 1.24 bits per heavy atom. The molecule has 1 aromatic carbocycles. The Morgan fingerprint density at radius 3 is 2.62 bits per heavy atom. The van der Waals surface area contributed by atoms with Crippen LogP contribution in [0, 0.1) is 12.8 Å². The summed E-state index contributed by atoms with van der Waals surface area (Å²) in [5.41, 5.74) is 1.27. The number of aryl methyl sites for hydroxylation is 1. The van der Waals surface area contributed by atoms with Gasteiger partial charge in [0.2, 0.25) is 5.82 Å². The van der Waals surface area contributed by atoms with Crippen molar-refractivity contribution in [1.82, 2.24) is 24.6 Å². The quantitative estimate of drug-likeness (QED) is 0.396. The average molecular weight is 514 g/mol. The largest absolute Gasteiger partial charge is 0.440 e. The van der Waals surface area contributed by atoms with E-state index in [0.29, 0.717) is 23.5 Å². The van der Waals surface area contributed by atoms with Crippen LogP contribution in [-0.4, -0.2) is 49.5 Å². The van der Waals surface area contributed by atoms with Crippen LogP contribution in [0.1, 0.15) is 36.6 Å². The van der Waals surface area contributed by atoms with E-state index >= 15 is 0 Å². The molecule has 0 amide bonds. The number of aromatic nitrogens is 4. The maximum atomic E-state index is 12.9. The number of piperidine rings is 1. The Kier molecular flexibility index (Phi) is 6.78.